The second kappa shape index (κ2) is 8.87. The second-order valence-corrected chi connectivity index (χ2v) is 6.68. The summed E-state index contributed by atoms with van der Waals surface area (Å²) in [4.78, 5) is 24.4. The van der Waals surface area contributed by atoms with Gasteiger partial charge in [-0.15, -0.1) is 0 Å². The molecule has 1 aliphatic heterocycles. The van der Waals surface area contributed by atoms with Crippen molar-refractivity contribution >= 4 is 27.9 Å². The first kappa shape index (κ1) is 18.5. The summed E-state index contributed by atoms with van der Waals surface area (Å²) in [6.45, 7) is 6.36. The van der Waals surface area contributed by atoms with Crippen LogP contribution in [0, 0.1) is 5.92 Å². The number of nitrogens with one attached hydrogen (secondary N) is 2. The van der Waals surface area contributed by atoms with Gasteiger partial charge in [0.2, 0.25) is 0 Å². The first-order chi connectivity index (χ1) is 11.5. The van der Waals surface area contributed by atoms with Crippen LogP contribution in [0.2, 0.25) is 0 Å². The molecule has 2 atom stereocenters. The lowest BCUT2D eigenvalue weighted by molar-refractivity contribution is -0.148. The highest BCUT2D eigenvalue weighted by Crippen LogP contribution is 2.34. The van der Waals surface area contributed by atoms with E-state index in [1.54, 1.807) is 0 Å². The number of esters is 1. The average Bonchev–Trinajstić information content (AvgIpc) is 2.54. The van der Waals surface area contributed by atoms with Gasteiger partial charge in [-0.25, -0.2) is 4.79 Å². The molecule has 24 heavy (non-hydrogen) atoms. The van der Waals surface area contributed by atoms with Gasteiger partial charge in [0.25, 0.3) is 0 Å². The summed E-state index contributed by atoms with van der Waals surface area (Å²) in [5, 5.41) is 5.38. The number of carbonyl (C=O) groups excluding carboxylic acids is 2. The summed E-state index contributed by atoms with van der Waals surface area (Å²) in [6.07, 6.45) is 4.15. The fourth-order valence-corrected chi connectivity index (χ4v) is 3.27. The van der Waals surface area contributed by atoms with Crippen LogP contribution in [0.3, 0.4) is 0 Å². The van der Waals surface area contributed by atoms with E-state index in [9.17, 15) is 9.59 Å². The zero-order valence-electron chi connectivity index (χ0n) is 13.8. The van der Waals surface area contributed by atoms with Crippen molar-refractivity contribution in [3.63, 3.8) is 0 Å². The zero-order valence-corrected chi connectivity index (χ0v) is 15.4. The van der Waals surface area contributed by atoms with E-state index in [-0.39, 0.29) is 12.0 Å². The van der Waals surface area contributed by atoms with Crippen molar-refractivity contribution in [2.24, 2.45) is 5.92 Å². The lowest BCUT2D eigenvalue weighted by Gasteiger charge is -2.33. The molecule has 1 saturated heterocycles. The molecule has 1 fully saturated rings. The maximum absolute atomic E-state index is 12.6. The van der Waals surface area contributed by atoms with Crippen molar-refractivity contribution in [1.29, 1.82) is 0 Å². The van der Waals surface area contributed by atoms with Gasteiger partial charge in [-0.05, 0) is 18.1 Å². The third kappa shape index (κ3) is 4.60. The quantitative estimate of drug-likeness (QED) is 0.541. The molecule has 0 aliphatic carbocycles. The van der Waals surface area contributed by atoms with E-state index in [0.717, 1.165) is 35.7 Å². The number of rotatable bonds is 7. The summed E-state index contributed by atoms with van der Waals surface area (Å²) >= 11 is 3.48. The Balaban J connectivity index is 2.11. The molecule has 1 aromatic rings. The molecule has 0 unspecified atom stereocenters. The maximum Gasteiger partial charge on any atom is 0.319 e. The molecule has 1 heterocycles. The normalized spacial score (nSPS) is 20.2. The van der Waals surface area contributed by atoms with Gasteiger partial charge < -0.3 is 15.4 Å². The molecule has 0 spiro atoms. The molecule has 130 valence electrons. The summed E-state index contributed by atoms with van der Waals surface area (Å²) in [5.74, 6) is -1.03. The van der Waals surface area contributed by atoms with E-state index >= 15 is 0 Å². The van der Waals surface area contributed by atoms with Gasteiger partial charge in [0, 0.05) is 10.2 Å². The predicted molar refractivity (Wildman–Crippen MR) is 96.3 cm³/mol. The van der Waals surface area contributed by atoms with Crippen LogP contribution in [-0.4, -0.2) is 18.6 Å². The van der Waals surface area contributed by atoms with Gasteiger partial charge in [-0.2, -0.15) is 0 Å². The molecule has 0 bridgehead atoms. The molecule has 2 rings (SSSR count). The minimum atomic E-state index is -0.660. The fourth-order valence-electron chi connectivity index (χ4n) is 2.74. The standard InChI is InChI=1S/C18H23BrN2O3/c1-3-4-5-8-11-24-17(22)15-12(2)20-18(23)21-16(15)13-9-6-7-10-14(13)19/h6-7,9-10,15-16H,2-5,8,11H2,1H3,(H2,20,21,23)/t15-,16+/m0/s1. The van der Waals surface area contributed by atoms with Crippen LogP contribution in [0.25, 0.3) is 0 Å². The highest BCUT2D eigenvalue weighted by molar-refractivity contribution is 9.10. The second-order valence-electron chi connectivity index (χ2n) is 5.83. The summed E-state index contributed by atoms with van der Waals surface area (Å²) in [6, 6.07) is 6.61. The molecular formula is C18H23BrN2O3. The molecule has 1 aromatic carbocycles. The molecule has 5 nitrogen and oxygen atoms in total. The number of hydrogen-bond acceptors (Lipinski definition) is 3. The van der Waals surface area contributed by atoms with Gasteiger partial charge >= 0.3 is 12.0 Å². The molecule has 0 aromatic heterocycles. The summed E-state index contributed by atoms with van der Waals surface area (Å²) in [7, 11) is 0. The third-order valence-electron chi connectivity index (χ3n) is 4.01. The van der Waals surface area contributed by atoms with Crippen LogP contribution in [0.4, 0.5) is 4.79 Å². The van der Waals surface area contributed by atoms with Gasteiger partial charge in [0.05, 0.1) is 12.6 Å². The van der Waals surface area contributed by atoms with Crippen molar-refractivity contribution in [3.8, 4) is 0 Å². The smallest absolute Gasteiger partial charge is 0.319 e. The van der Waals surface area contributed by atoms with Crippen LogP contribution in [-0.2, 0) is 9.53 Å². The van der Waals surface area contributed by atoms with Gasteiger partial charge in [-0.1, -0.05) is 66.9 Å². The first-order valence-electron chi connectivity index (χ1n) is 8.22. The molecule has 0 saturated carbocycles. The predicted octanol–water partition coefficient (Wildman–Crippen LogP) is 4.06. The lowest BCUT2D eigenvalue weighted by atomic mass is 9.89. The van der Waals surface area contributed by atoms with Crippen molar-refractivity contribution in [3.05, 3.63) is 46.6 Å². The molecular weight excluding hydrogens is 372 g/mol. The lowest BCUT2D eigenvalue weighted by Crippen LogP contribution is -2.51. The molecule has 0 radical (unpaired) electrons. The van der Waals surface area contributed by atoms with Crippen molar-refractivity contribution < 1.29 is 14.3 Å². The Morgan fingerprint density at radius 1 is 1.29 bits per heavy atom. The maximum atomic E-state index is 12.6. The molecule has 2 N–H and O–H groups in total. The van der Waals surface area contributed by atoms with Gasteiger partial charge in [0.15, 0.2) is 0 Å². The summed E-state index contributed by atoms with van der Waals surface area (Å²) in [5.41, 5.74) is 1.18. The van der Waals surface area contributed by atoms with Crippen LogP contribution in [0.5, 0.6) is 0 Å². The minimum Gasteiger partial charge on any atom is -0.465 e. The molecule has 6 heteroatoms. The van der Waals surface area contributed by atoms with Crippen LogP contribution in [0.1, 0.15) is 44.2 Å². The molecule has 1 aliphatic rings. The monoisotopic (exact) mass is 394 g/mol. The molecule has 2 amide bonds. The number of amides is 2. The van der Waals surface area contributed by atoms with E-state index in [1.807, 2.05) is 24.3 Å². The minimum absolute atomic E-state index is 0.359. The van der Waals surface area contributed by atoms with Crippen molar-refractivity contribution in [2.45, 2.75) is 38.6 Å². The van der Waals surface area contributed by atoms with E-state index in [2.05, 4.69) is 40.1 Å². The van der Waals surface area contributed by atoms with E-state index in [4.69, 9.17) is 4.74 Å². The number of ether oxygens (including phenoxy) is 1. The van der Waals surface area contributed by atoms with E-state index < -0.39 is 12.0 Å². The Morgan fingerprint density at radius 2 is 2.04 bits per heavy atom. The summed E-state index contributed by atoms with van der Waals surface area (Å²) < 4.78 is 6.24. The van der Waals surface area contributed by atoms with Crippen molar-refractivity contribution in [2.75, 3.05) is 6.61 Å². The topological polar surface area (TPSA) is 67.4 Å². The zero-order chi connectivity index (χ0) is 17.5. The largest absolute Gasteiger partial charge is 0.465 e. The number of benzene rings is 1. The van der Waals surface area contributed by atoms with E-state index in [1.165, 1.54) is 0 Å². The average molecular weight is 395 g/mol. The van der Waals surface area contributed by atoms with Gasteiger partial charge in [-0.3, -0.25) is 4.79 Å². The Hall–Kier alpha value is -1.82. The highest BCUT2D eigenvalue weighted by Gasteiger charge is 2.39. The Morgan fingerprint density at radius 3 is 2.75 bits per heavy atom. The number of carbonyl (C=O) groups is 2. The SMILES string of the molecule is C=C1NC(=O)N[C@H](c2ccccc2Br)[C@H]1C(=O)OCCCCCC. The number of hydrogen-bond donors (Lipinski definition) is 2. The fraction of sp³-hybridized carbons (Fsp3) is 0.444. The number of halogens is 1. The van der Waals surface area contributed by atoms with Gasteiger partial charge in [0.1, 0.15) is 5.92 Å². The Labute approximate surface area is 151 Å². The Kier molecular flexibility index (Phi) is 6.85. The first-order valence-corrected chi connectivity index (χ1v) is 9.01. The number of unbranched alkanes of at least 4 members (excludes halogenated alkanes) is 3. The highest BCUT2D eigenvalue weighted by atomic mass is 79.9. The van der Waals surface area contributed by atoms with Crippen LogP contribution >= 0.6 is 15.9 Å². The van der Waals surface area contributed by atoms with E-state index in [0.29, 0.717) is 12.3 Å². The third-order valence-corrected chi connectivity index (χ3v) is 4.73. The van der Waals surface area contributed by atoms with Crippen molar-refractivity contribution in [1.82, 2.24) is 10.6 Å². The number of urea groups is 1. The van der Waals surface area contributed by atoms with Crippen LogP contribution < -0.4 is 10.6 Å². The van der Waals surface area contributed by atoms with Crippen LogP contribution in [0.15, 0.2) is 41.0 Å². The Bertz CT molecular complexity index is 618.